The molecule has 0 aliphatic carbocycles. The van der Waals surface area contributed by atoms with Crippen molar-refractivity contribution in [1.82, 2.24) is 0 Å². The zero-order valence-corrected chi connectivity index (χ0v) is 10.7. The quantitative estimate of drug-likeness (QED) is 0.797. The molecular formula is C16H11F2NO. The van der Waals surface area contributed by atoms with E-state index in [0.29, 0.717) is 5.56 Å². The van der Waals surface area contributed by atoms with E-state index in [-0.39, 0.29) is 11.1 Å². The molecule has 2 aromatic rings. The first kappa shape index (κ1) is 13.9. The lowest BCUT2D eigenvalue weighted by atomic mass is 9.91. The molecule has 2 aromatic carbocycles. The molecule has 2 rings (SSSR count). The van der Waals surface area contributed by atoms with E-state index in [2.05, 4.69) is 0 Å². The lowest BCUT2D eigenvalue weighted by Gasteiger charge is -2.10. The second-order valence-electron chi connectivity index (χ2n) is 4.41. The first-order valence-electron chi connectivity index (χ1n) is 5.99. The SMILES string of the molecule is Cc1cc(C(=O)C(C#N)c2ccccc2F)ccc1F. The van der Waals surface area contributed by atoms with Crippen LogP contribution in [0.25, 0.3) is 0 Å². The van der Waals surface area contributed by atoms with Crippen LogP contribution in [0.5, 0.6) is 0 Å². The summed E-state index contributed by atoms with van der Waals surface area (Å²) in [5, 5.41) is 9.15. The van der Waals surface area contributed by atoms with Crippen molar-refractivity contribution in [3.05, 3.63) is 70.8 Å². The van der Waals surface area contributed by atoms with Gasteiger partial charge in [0, 0.05) is 11.1 Å². The average molecular weight is 271 g/mol. The van der Waals surface area contributed by atoms with Gasteiger partial charge in [-0.25, -0.2) is 8.78 Å². The molecule has 0 spiro atoms. The van der Waals surface area contributed by atoms with Crippen molar-refractivity contribution in [2.24, 2.45) is 0 Å². The standard InChI is InChI=1S/C16H11F2NO/c1-10-8-11(6-7-14(10)17)16(20)13(9-19)12-4-2-3-5-15(12)18/h2-8,13H,1H3. The summed E-state index contributed by atoms with van der Waals surface area (Å²) in [6.07, 6.45) is 0. The number of nitriles is 1. The molecule has 0 heterocycles. The maximum absolute atomic E-state index is 13.7. The summed E-state index contributed by atoms with van der Waals surface area (Å²) in [6, 6.07) is 11.3. The smallest absolute Gasteiger partial charge is 0.184 e. The van der Waals surface area contributed by atoms with Crippen LogP contribution in [0.3, 0.4) is 0 Å². The Morgan fingerprint density at radius 2 is 1.85 bits per heavy atom. The molecule has 0 fully saturated rings. The Bertz CT molecular complexity index is 704. The average Bonchev–Trinajstić information content (AvgIpc) is 2.44. The summed E-state index contributed by atoms with van der Waals surface area (Å²) < 4.78 is 26.9. The Morgan fingerprint density at radius 3 is 2.45 bits per heavy atom. The molecule has 0 bridgehead atoms. The van der Waals surface area contributed by atoms with Crippen molar-refractivity contribution in [1.29, 1.82) is 5.26 Å². The van der Waals surface area contributed by atoms with Gasteiger partial charge in [0.2, 0.25) is 0 Å². The van der Waals surface area contributed by atoms with Crippen LogP contribution in [0.4, 0.5) is 8.78 Å². The summed E-state index contributed by atoms with van der Waals surface area (Å²) in [5.74, 6) is -2.81. The molecule has 0 aliphatic rings. The second-order valence-corrected chi connectivity index (χ2v) is 4.41. The highest BCUT2D eigenvalue weighted by Gasteiger charge is 2.24. The fourth-order valence-electron chi connectivity index (χ4n) is 1.94. The van der Waals surface area contributed by atoms with Crippen LogP contribution in [-0.4, -0.2) is 5.78 Å². The number of hydrogen-bond donors (Lipinski definition) is 0. The topological polar surface area (TPSA) is 40.9 Å². The van der Waals surface area contributed by atoms with Gasteiger partial charge in [-0.05, 0) is 36.8 Å². The van der Waals surface area contributed by atoms with Gasteiger partial charge in [-0.15, -0.1) is 0 Å². The first-order chi connectivity index (χ1) is 9.54. The maximum atomic E-state index is 13.7. The zero-order chi connectivity index (χ0) is 14.7. The summed E-state index contributed by atoms with van der Waals surface area (Å²) in [5.41, 5.74) is 0.529. The number of benzene rings is 2. The van der Waals surface area contributed by atoms with E-state index >= 15 is 0 Å². The Balaban J connectivity index is 2.42. The highest BCUT2D eigenvalue weighted by molar-refractivity contribution is 6.02. The van der Waals surface area contributed by atoms with E-state index in [0.717, 1.165) is 0 Å². The van der Waals surface area contributed by atoms with Gasteiger partial charge < -0.3 is 0 Å². The van der Waals surface area contributed by atoms with Crippen LogP contribution < -0.4 is 0 Å². The lowest BCUT2D eigenvalue weighted by Crippen LogP contribution is -2.13. The number of carbonyl (C=O) groups is 1. The normalized spacial score (nSPS) is 11.7. The van der Waals surface area contributed by atoms with Crippen molar-refractivity contribution in [3.8, 4) is 6.07 Å². The number of rotatable bonds is 3. The summed E-state index contributed by atoms with van der Waals surface area (Å²) in [4.78, 5) is 12.3. The van der Waals surface area contributed by atoms with Gasteiger partial charge >= 0.3 is 0 Å². The number of hydrogen-bond acceptors (Lipinski definition) is 2. The Kier molecular flexibility index (Phi) is 3.90. The van der Waals surface area contributed by atoms with Crippen LogP contribution in [-0.2, 0) is 0 Å². The molecule has 0 aliphatic heterocycles. The maximum Gasteiger partial charge on any atom is 0.184 e. The molecule has 1 unspecified atom stereocenters. The molecule has 20 heavy (non-hydrogen) atoms. The number of aryl methyl sites for hydroxylation is 1. The van der Waals surface area contributed by atoms with Gasteiger partial charge in [-0.3, -0.25) is 4.79 Å². The summed E-state index contributed by atoms with van der Waals surface area (Å²) >= 11 is 0. The molecule has 4 heteroatoms. The Hall–Kier alpha value is -2.54. The molecule has 0 amide bonds. The third-order valence-corrected chi connectivity index (χ3v) is 3.05. The van der Waals surface area contributed by atoms with Crippen LogP contribution >= 0.6 is 0 Å². The van der Waals surface area contributed by atoms with Crippen molar-refractivity contribution in [3.63, 3.8) is 0 Å². The van der Waals surface area contributed by atoms with Gasteiger partial charge in [0.1, 0.15) is 17.6 Å². The van der Waals surface area contributed by atoms with Crippen molar-refractivity contribution < 1.29 is 13.6 Å². The molecule has 100 valence electrons. The minimum absolute atomic E-state index is 0.0296. The highest BCUT2D eigenvalue weighted by Crippen LogP contribution is 2.23. The largest absolute Gasteiger partial charge is 0.292 e. The molecule has 0 aromatic heterocycles. The van der Waals surface area contributed by atoms with Gasteiger partial charge in [0.25, 0.3) is 0 Å². The highest BCUT2D eigenvalue weighted by atomic mass is 19.1. The molecule has 0 radical (unpaired) electrons. The summed E-state index contributed by atoms with van der Waals surface area (Å²) in [6.45, 7) is 1.52. The van der Waals surface area contributed by atoms with Crippen molar-refractivity contribution >= 4 is 5.78 Å². The fraction of sp³-hybridized carbons (Fsp3) is 0.125. The minimum atomic E-state index is -1.24. The summed E-state index contributed by atoms with van der Waals surface area (Å²) in [7, 11) is 0. The van der Waals surface area contributed by atoms with Gasteiger partial charge in [0.05, 0.1) is 6.07 Å². The first-order valence-corrected chi connectivity index (χ1v) is 5.99. The van der Waals surface area contributed by atoms with Crippen LogP contribution in [0.2, 0.25) is 0 Å². The molecule has 0 saturated carbocycles. The molecule has 1 atom stereocenters. The van der Waals surface area contributed by atoms with Crippen LogP contribution in [0, 0.1) is 29.9 Å². The van der Waals surface area contributed by atoms with E-state index < -0.39 is 23.3 Å². The second kappa shape index (κ2) is 5.62. The number of halogens is 2. The zero-order valence-electron chi connectivity index (χ0n) is 10.7. The molecule has 0 saturated heterocycles. The fourth-order valence-corrected chi connectivity index (χ4v) is 1.94. The van der Waals surface area contributed by atoms with E-state index in [9.17, 15) is 13.6 Å². The molecular weight excluding hydrogens is 260 g/mol. The van der Waals surface area contributed by atoms with Crippen molar-refractivity contribution in [2.45, 2.75) is 12.8 Å². The number of carbonyl (C=O) groups excluding carboxylic acids is 1. The van der Waals surface area contributed by atoms with E-state index in [1.165, 1.54) is 43.3 Å². The van der Waals surface area contributed by atoms with Crippen LogP contribution in [0.1, 0.15) is 27.4 Å². The van der Waals surface area contributed by atoms with Crippen molar-refractivity contribution in [2.75, 3.05) is 0 Å². The Labute approximate surface area is 115 Å². The van der Waals surface area contributed by atoms with Crippen LogP contribution in [0.15, 0.2) is 42.5 Å². The van der Waals surface area contributed by atoms with Gasteiger partial charge in [-0.2, -0.15) is 5.26 Å². The predicted molar refractivity (Wildman–Crippen MR) is 70.2 cm³/mol. The van der Waals surface area contributed by atoms with Gasteiger partial charge in [0.15, 0.2) is 5.78 Å². The van der Waals surface area contributed by atoms with E-state index in [1.54, 1.807) is 6.07 Å². The number of Topliss-reactive ketones (excluding diaryl/α,β-unsaturated/α-hetero) is 1. The van der Waals surface area contributed by atoms with E-state index in [1.807, 2.05) is 6.07 Å². The molecule has 0 N–H and O–H groups in total. The third kappa shape index (κ3) is 2.57. The molecule has 2 nitrogen and oxygen atoms in total. The monoisotopic (exact) mass is 271 g/mol. The predicted octanol–water partition coefficient (Wildman–Crippen LogP) is 3.76. The van der Waals surface area contributed by atoms with Gasteiger partial charge in [-0.1, -0.05) is 18.2 Å². The number of ketones is 1. The lowest BCUT2D eigenvalue weighted by molar-refractivity contribution is 0.0977. The van der Waals surface area contributed by atoms with E-state index in [4.69, 9.17) is 5.26 Å². The third-order valence-electron chi connectivity index (χ3n) is 3.05. The minimum Gasteiger partial charge on any atom is -0.292 e. The number of nitrogens with zero attached hydrogens (tertiary/aromatic N) is 1. The Morgan fingerprint density at radius 1 is 1.15 bits per heavy atom.